The molecule has 17 heavy (non-hydrogen) atoms. The molecule has 0 bridgehead atoms. The molecule has 0 radical (unpaired) electrons. The molecule has 0 aliphatic carbocycles. The number of hydrogen-bond donors (Lipinski definition) is 1. The van der Waals surface area contributed by atoms with Gasteiger partial charge in [0.2, 0.25) is 0 Å². The highest BCUT2D eigenvalue weighted by atomic mass is 79.9. The summed E-state index contributed by atoms with van der Waals surface area (Å²) in [6.45, 7) is 2.23. The molecule has 96 valence electrons. The van der Waals surface area contributed by atoms with Gasteiger partial charge in [-0.25, -0.2) is 0 Å². The second kappa shape index (κ2) is 8.12. The molecular weight excluding hydrogens is 298 g/mol. The lowest BCUT2D eigenvalue weighted by Gasteiger charge is -2.12. The molecule has 2 N–H and O–H groups in total. The quantitative estimate of drug-likeness (QED) is 0.663. The van der Waals surface area contributed by atoms with Gasteiger partial charge in [-0.1, -0.05) is 66.6 Å². The molecule has 1 rings (SSSR count). The van der Waals surface area contributed by atoms with Crippen molar-refractivity contribution in [3.63, 3.8) is 0 Å². The fourth-order valence-electron chi connectivity index (χ4n) is 1.92. The largest absolute Gasteiger partial charge is 0.324 e. The van der Waals surface area contributed by atoms with Crippen molar-refractivity contribution in [1.29, 1.82) is 0 Å². The van der Waals surface area contributed by atoms with Crippen molar-refractivity contribution in [2.75, 3.05) is 0 Å². The van der Waals surface area contributed by atoms with Crippen LogP contribution >= 0.6 is 27.5 Å². The first-order chi connectivity index (χ1) is 8.13. The normalized spacial score (nSPS) is 12.7. The Morgan fingerprint density at radius 3 is 2.53 bits per heavy atom. The van der Waals surface area contributed by atoms with Crippen LogP contribution in [-0.2, 0) is 0 Å². The van der Waals surface area contributed by atoms with E-state index in [9.17, 15) is 0 Å². The van der Waals surface area contributed by atoms with E-state index in [-0.39, 0.29) is 6.04 Å². The maximum Gasteiger partial charge on any atom is 0.0420 e. The predicted molar refractivity (Wildman–Crippen MR) is 79.5 cm³/mol. The Morgan fingerprint density at radius 2 is 1.88 bits per heavy atom. The van der Waals surface area contributed by atoms with Crippen molar-refractivity contribution in [2.45, 2.75) is 51.5 Å². The van der Waals surface area contributed by atoms with Crippen LogP contribution in [0.15, 0.2) is 22.7 Å². The second-order valence-electron chi connectivity index (χ2n) is 4.51. The lowest BCUT2D eigenvalue weighted by Crippen LogP contribution is -2.10. The van der Waals surface area contributed by atoms with E-state index in [0.29, 0.717) is 0 Å². The summed E-state index contributed by atoms with van der Waals surface area (Å²) in [6, 6.07) is 6.01. The first-order valence-corrected chi connectivity index (χ1v) is 7.52. The Kier molecular flexibility index (Phi) is 7.17. The van der Waals surface area contributed by atoms with Gasteiger partial charge in [-0.3, -0.25) is 0 Å². The third-order valence-corrected chi connectivity index (χ3v) is 3.61. The highest BCUT2D eigenvalue weighted by molar-refractivity contribution is 9.10. The minimum Gasteiger partial charge on any atom is -0.324 e. The molecule has 0 aliphatic rings. The standard InChI is InChI=1S/C14H21BrClN/c1-2-3-4-5-6-7-14(17)11-8-12(15)10-13(16)9-11/h8-10,14H,2-7,17H2,1H3. The van der Waals surface area contributed by atoms with Crippen LogP contribution in [0.3, 0.4) is 0 Å². The first kappa shape index (κ1) is 15.0. The summed E-state index contributed by atoms with van der Waals surface area (Å²) in [7, 11) is 0. The second-order valence-corrected chi connectivity index (χ2v) is 5.86. The number of halogens is 2. The minimum atomic E-state index is 0.103. The van der Waals surface area contributed by atoms with Crippen molar-refractivity contribution < 1.29 is 0 Å². The van der Waals surface area contributed by atoms with Crippen molar-refractivity contribution in [3.8, 4) is 0 Å². The van der Waals surface area contributed by atoms with Gasteiger partial charge in [0, 0.05) is 15.5 Å². The summed E-state index contributed by atoms with van der Waals surface area (Å²) in [4.78, 5) is 0. The van der Waals surface area contributed by atoms with E-state index < -0.39 is 0 Å². The van der Waals surface area contributed by atoms with Crippen molar-refractivity contribution in [1.82, 2.24) is 0 Å². The molecule has 0 saturated heterocycles. The average Bonchev–Trinajstić information content (AvgIpc) is 2.27. The third kappa shape index (κ3) is 5.89. The molecule has 0 fully saturated rings. The van der Waals surface area contributed by atoms with Gasteiger partial charge in [0.05, 0.1) is 0 Å². The fourth-order valence-corrected chi connectivity index (χ4v) is 2.81. The van der Waals surface area contributed by atoms with Gasteiger partial charge in [-0.05, 0) is 30.2 Å². The molecular formula is C14H21BrClN. The van der Waals surface area contributed by atoms with Crippen LogP contribution in [0.25, 0.3) is 0 Å². The highest BCUT2D eigenvalue weighted by Crippen LogP contribution is 2.25. The third-order valence-electron chi connectivity index (χ3n) is 2.93. The van der Waals surface area contributed by atoms with E-state index in [2.05, 4.69) is 28.9 Å². The van der Waals surface area contributed by atoms with E-state index >= 15 is 0 Å². The Balaban J connectivity index is 2.38. The number of nitrogens with two attached hydrogens (primary N) is 1. The molecule has 0 spiro atoms. The van der Waals surface area contributed by atoms with Crippen LogP contribution in [0, 0.1) is 0 Å². The van der Waals surface area contributed by atoms with Gasteiger partial charge in [-0.15, -0.1) is 0 Å². The van der Waals surface area contributed by atoms with Gasteiger partial charge >= 0.3 is 0 Å². The summed E-state index contributed by atoms with van der Waals surface area (Å²) in [6.07, 6.45) is 7.46. The number of rotatable bonds is 7. The molecule has 1 nitrogen and oxygen atoms in total. The maximum atomic E-state index is 6.17. The number of benzene rings is 1. The van der Waals surface area contributed by atoms with E-state index in [1.54, 1.807) is 0 Å². The number of hydrogen-bond acceptors (Lipinski definition) is 1. The molecule has 1 aromatic rings. The van der Waals surface area contributed by atoms with Gasteiger partial charge < -0.3 is 5.73 Å². The van der Waals surface area contributed by atoms with Crippen LogP contribution in [0.1, 0.15) is 57.1 Å². The summed E-state index contributed by atoms with van der Waals surface area (Å²) in [5, 5.41) is 0.746. The summed E-state index contributed by atoms with van der Waals surface area (Å²) < 4.78 is 1.00. The van der Waals surface area contributed by atoms with Crippen LogP contribution in [0.4, 0.5) is 0 Å². The lowest BCUT2D eigenvalue weighted by molar-refractivity contribution is 0.555. The fraction of sp³-hybridized carbons (Fsp3) is 0.571. The van der Waals surface area contributed by atoms with Crippen LogP contribution < -0.4 is 5.73 Å². The van der Waals surface area contributed by atoms with Crippen LogP contribution in [0.2, 0.25) is 5.02 Å². The summed E-state index contributed by atoms with van der Waals surface area (Å²) in [5.41, 5.74) is 7.29. The zero-order chi connectivity index (χ0) is 12.7. The number of unbranched alkanes of at least 4 members (excludes halogenated alkanes) is 4. The molecule has 3 heteroatoms. The zero-order valence-corrected chi connectivity index (χ0v) is 12.7. The first-order valence-electron chi connectivity index (χ1n) is 6.35. The highest BCUT2D eigenvalue weighted by Gasteiger charge is 2.07. The van der Waals surface area contributed by atoms with Crippen LogP contribution in [0.5, 0.6) is 0 Å². The van der Waals surface area contributed by atoms with Crippen molar-refractivity contribution in [3.05, 3.63) is 33.3 Å². The Morgan fingerprint density at radius 1 is 1.18 bits per heavy atom. The van der Waals surface area contributed by atoms with Crippen molar-refractivity contribution >= 4 is 27.5 Å². The molecule has 0 saturated carbocycles. The van der Waals surface area contributed by atoms with E-state index in [0.717, 1.165) is 21.5 Å². The van der Waals surface area contributed by atoms with Gasteiger partial charge in [0.1, 0.15) is 0 Å². The summed E-state index contributed by atoms with van der Waals surface area (Å²) >= 11 is 9.45. The zero-order valence-electron chi connectivity index (χ0n) is 10.4. The smallest absolute Gasteiger partial charge is 0.0420 e. The lowest BCUT2D eigenvalue weighted by atomic mass is 10.0. The monoisotopic (exact) mass is 317 g/mol. The Bertz CT molecular complexity index is 321. The SMILES string of the molecule is CCCCCCCC(N)c1cc(Cl)cc(Br)c1. The summed E-state index contributed by atoms with van der Waals surface area (Å²) in [5.74, 6) is 0. The Hall–Kier alpha value is -0.0500. The van der Waals surface area contributed by atoms with Gasteiger partial charge in [0.15, 0.2) is 0 Å². The molecule has 0 aromatic heterocycles. The molecule has 0 amide bonds. The molecule has 1 atom stereocenters. The topological polar surface area (TPSA) is 26.0 Å². The molecule has 1 unspecified atom stereocenters. The van der Waals surface area contributed by atoms with E-state index in [1.165, 1.54) is 32.1 Å². The van der Waals surface area contributed by atoms with E-state index in [1.807, 2.05) is 12.1 Å². The molecule has 0 heterocycles. The van der Waals surface area contributed by atoms with Gasteiger partial charge in [0.25, 0.3) is 0 Å². The minimum absolute atomic E-state index is 0.103. The maximum absolute atomic E-state index is 6.17. The molecule has 0 aliphatic heterocycles. The van der Waals surface area contributed by atoms with Crippen LogP contribution in [-0.4, -0.2) is 0 Å². The molecule has 1 aromatic carbocycles. The predicted octanol–water partition coefficient (Wildman–Crippen LogP) is 5.46. The van der Waals surface area contributed by atoms with E-state index in [4.69, 9.17) is 17.3 Å². The van der Waals surface area contributed by atoms with Gasteiger partial charge in [-0.2, -0.15) is 0 Å². The average molecular weight is 319 g/mol. The van der Waals surface area contributed by atoms with Crippen molar-refractivity contribution in [2.24, 2.45) is 5.73 Å². The Labute approximate surface area is 118 Å².